The van der Waals surface area contributed by atoms with Crippen LogP contribution in [0.5, 0.6) is 0 Å². The highest BCUT2D eigenvalue weighted by Gasteiger charge is 2.19. The highest BCUT2D eigenvalue weighted by atomic mass is 32.2. The molecule has 1 unspecified atom stereocenters. The summed E-state index contributed by atoms with van der Waals surface area (Å²) in [6, 6.07) is 5.12. The van der Waals surface area contributed by atoms with Crippen LogP contribution in [0.3, 0.4) is 0 Å². The minimum Gasteiger partial charge on any atom is -0.376 e. The number of hydrogen-bond acceptors (Lipinski definition) is 6. The Kier molecular flexibility index (Phi) is 5.05. The van der Waals surface area contributed by atoms with Crippen LogP contribution in [0.4, 0.5) is 17.1 Å². The van der Waals surface area contributed by atoms with Crippen molar-refractivity contribution in [2.75, 3.05) is 22.8 Å². The lowest BCUT2D eigenvalue weighted by Crippen LogP contribution is -2.19. The minimum atomic E-state index is -0.441. The Morgan fingerprint density at radius 2 is 2.18 bits per heavy atom. The predicted octanol–water partition coefficient (Wildman–Crippen LogP) is 2.04. The summed E-state index contributed by atoms with van der Waals surface area (Å²) in [7, 11) is 0. The van der Waals surface area contributed by atoms with E-state index in [0.717, 1.165) is 5.75 Å². The van der Waals surface area contributed by atoms with E-state index in [1.165, 1.54) is 0 Å². The van der Waals surface area contributed by atoms with Crippen molar-refractivity contribution in [3.05, 3.63) is 28.3 Å². The molecule has 1 rings (SSSR count). The molecule has 0 amide bonds. The molecule has 4 N–H and O–H groups in total. The molecule has 6 nitrogen and oxygen atoms in total. The van der Waals surface area contributed by atoms with E-state index in [2.05, 4.69) is 10.7 Å². The van der Waals surface area contributed by atoms with Crippen molar-refractivity contribution >= 4 is 28.8 Å². The van der Waals surface area contributed by atoms with E-state index >= 15 is 0 Å². The van der Waals surface area contributed by atoms with E-state index in [9.17, 15) is 10.1 Å². The van der Waals surface area contributed by atoms with E-state index in [1.807, 2.05) is 13.2 Å². The van der Waals surface area contributed by atoms with Gasteiger partial charge in [0.25, 0.3) is 0 Å². The molecular weight excluding hydrogens is 240 g/mol. The van der Waals surface area contributed by atoms with Crippen molar-refractivity contribution in [2.24, 2.45) is 5.84 Å². The molecule has 7 heteroatoms. The van der Waals surface area contributed by atoms with Crippen LogP contribution in [0.2, 0.25) is 0 Å². The number of nitro groups is 1. The third kappa shape index (κ3) is 3.50. The normalized spacial score (nSPS) is 11.9. The predicted molar refractivity (Wildman–Crippen MR) is 72.4 cm³/mol. The summed E-state index contributed by atoms with van der Waals surface area (Å²) in [5.41, 5.74) is 3.09. The molecule has 0 heterocycles. The highest BCUT2D eigenvalue weighted by molar-refractivity contribution is 7.98. The molecule has 17 heavy (non-hydrogen) atoms. The number of anilines is 2. The van der Waals surface area contributed by atoms with Crippen molar-refractivity contribution in [1.29, 1.82) is 0 Å². The second kappa shape index (κ2) is 6.31. The maximum atomic E-state index is 11.0. The van der Waals surface area contributed by atoms with Gasteiger partial charge in [0, 0.05) is 11.8 Å². The van der Waals surface area contributed by atoms with Crippen LogP contribution < -0.4 is 16.6 Å². The Morgan fingerprint density at radius 1 is 1.53 bits per heavy atom. The number of para-hydroxylation sites is 1. The first kappa shape index (κ1) is 13.6. The SMILES string of the molecule is CSCC(C)Nc1cccc(NN)c1[N+](=O)[O-]. The van der Waals surface area contributed by atoms with Crippen LogP contribution in [0.15, 0.2) is 18.2 Å². The fraction of sp³-hybridized carbons (Fsp3) is 0.400. The van der Waals surface area contributed by atoms with Gasteiger partial charge in [-0.3, -0.25) is 16.0 Å². The molecule has 1 aromatic rings. The Labute approximate surface area is 104 Å². The molecule has 0 spiro atoms. The summed E-state index contributed by atoms with van der Waals surface area (Å²) in [5, 5.41) is 14.1. The van der Waals surface area contributed by atoms with Crippen molar-refractivity contribution in [3.63, 3.8) is 0 Å². The average molecular weight is 256 g/mol. The zero-order chi connectivity index (χ0) is 12.8. The second-order valence-corrected chi connectivity index (χ2v) is 4.51. The summed E-state index contributed by atoms with van der Waals surface area (Å²) in [6.45, 7) is 1.97. The van der Waals surface area contributed by atoms with Crippen molar-refractivity contribution in [3.8, 4) is 0 Å². The summed E-state index contributed by atoms with van der Waals surface area (Å²) in [4.78, 5) is 10.6. The Hall–Kier alpha value is -1.47. The zero-order valence-corrected chi connectivity index (χ0v) is 10.6. The fourth-order valence-electron chi connectivity index (χ4n) is 1.53. The number of rotatable bonds is 6. The van der Waals surface area contributed by atoms with Crippen LogP contribution in [0.1, 0.15) is 6.92 Å². The lowest BCUT2D eigenvalue weighted by molar-refractivity contribution is -0.383. The lowest BCUT2D eigenvalue weighted by Gasteiger charge is -2.15. The number of benzene rings is 1. The molecule has 0 saturated carbocycles. The first-order chi connectivity index (χ1) is 8.10. The summed E-state index contributed by atoms with van der Waals surface area (Å²) >= 11 is 1.68. The van der Waals surface area contributed by atoms with E-state index in [4.69, 9.17) is 5.84 Å². The number of nitrogen functional groups attached to an aromatic ring is 1. The van der Waals surface area contributed by atoms with Crippen molar-refractivity contribution in [1.82, 2.24) is 0 Å². The van der Waals surface area contributed by atoms with E-state index in [0.29, 0.717) is 11.4 Å². The fourth-order valence-corrected chi connectivity index (χ4v) is 2.11. The number of hydrogen-bond donors (Lipinski definition) is 3. The molecule has 0 bridgehead atoms. The largest absolute Gasteiger partial charge is 0.376 e. The van der Waals surface area contributed by atoms with Gasteiger partial charge in [0.1, 0.15) is 11.4 Å². The van der Waals surface area contributed by atoms with E-state index < -0.39 is 4.92 Å². The van der Waals surface area contributed by atoms with Gasteiger partial charge in [-0.25, -0.2) is 0 Å². The lowest BCUT2D eigenvalue weighted by atomic mass is 10.2. The first-order valence-electron chi connectivity index (χ1n) is 5.09. The van der Waals surface area contributed by atoms with Gasteiger partial charge in [-0.1, -0.05) is 6.07 Å². The maximum Gasteiger partial charge on any atom is 0.316 e. The van der Waals surface area contributed by atoms with Gasteiger partial charge in [-0.2, -0.15) is 11.8 Å². The summed E-state index contributed by atoms with van der Waals surface area (Å²) < 4.78 is 0. The number of nitrogens with one attached hydrogen (secondary N) is 2. The van der Waals surface area contributed by atoms with Gasteiger partial charge in [-0.05, 0) is 25.3 Å². The molecule has 1 atom stereocenters. The van der Waals surface area contributed by atoms with E-state index in [-0.39, 0.29) is 11.7 Å². The Morgan fingerprint density at radius 3 is 2.71 bits per heavy atom. The van der Waals surface area contributed by atoms with Gasteiger partial charge in [0.2, 0.25) is 0 Å². The van der Waals surface area contributed by atoms with Gasteiger partial charge in [0.15, 0.2) is 0 Å². The van der Waals surface area contributed by atoms with Crippen LogP contribution in [-0.2, 0) is 0 Å². The zero-order valence-electron chi connectivity index (χ0n) is 9.77. The first-order valence-corrected chi connectivity index (χ1v) is 6.49. The molecule has 0 aromatic heterocycles. The summed E-state index contributed by atoms with van der Waals surface area (Å²) in [5.74, 6) is 6.13. The quantitative estimate of drug-likeness (QED) is 0.410. The monoisotopic (exact) mass is 256 g/mol. The van der Waals surface area contributed by atoms with Gasteiger partial charge in [0.05, 0.1) is 4.92 Å². The molecule has 0 fully saturated rings. The second-order valence-electron chi connectivity index (χ2n) is 3.60. The molecular formula is C10H16N4O2S. The Bertz CT molecular complexity index is 400. The van der Waals surface area contributed by atoms with Crippen molar-refractivity contribution < 1.29 is 4.92 Å². The smallest absolute Gasteiger partial charge is 0.316 e. The van der Waals surface area contributed by atoms with Crippen LogP contribution in [-0.4, -0.2) is 23.0 Å². The van der Waals surface area contributed by atoms with E-state index in [1.54, 1.807) is 30.0 Å². The van der Waals surface area contributed by atoms with Gasteiger partial charge >= 0.3 is 5.69 Å². The van der Waals surface area contributed by atoms with Gasteiger partial charge in [-0.15, -0.1) is 0 Å². The minimum absolute atomic E-state index is 0.0250. The van der Waals surface area contributed by atoms with Crippen LogP contribution in [0, 0.1) is 10.1 Å². The molecule has 0 radical (unpaired) electrons. The van der Waals surface area contributed by atoms with Crippen LogP contribution >= 0.6 is 11.8 Å². The number of nitro benzene ring substituents is 1. The molecule has 0 aliphatic carbocycles. The standard InChI is InChI=1S/C10H16N4O2S/c1-7(6-17-2)12-8-4-3-5-9(13-11)10(8)14(15)16/h3-5,7,12-13H,6,11H2,1-2H3. The molecule has 1 aromatic carbocycles. The number of nitrogens with two attached hydrogens (primary N) is 1. The third-order valence-corrected chi connectivity index (χ3v) is 3.03. The highest BCUT2D eigenvalue weighted by Crippen LogP contribution is 2.32. The number of thioether (sulfide) groups is 1. The Balaban J connectivity index is 3.02. The molecule has 0 saturated heterocycles. The van der Waals surface area contributed by atoms with Crippen molar-refractivity contribution in [2.45, 2.75) is 13.0 Å². The average Bonchev–Trinajstić information content (AvgIpc) is 2.28. The van der Waals surface area contributed by atoms with Gasteiger partial charge < -0.3 is 10.7 Å². The number of hydrazine groups is 1. The topological polar surface area (TPSA) is 93.2 Å². The molecule has 94 valence electrons. The number of nitrogens with zero attached hydrogens (tertiary/aromatic N) is 1. The summed E-state index contributed by atoms with van der Waals surface area (Å²) in [6.07, 6.45) is 1.99. The molecule has 0 aliphatic rings. The third-order valence-electron chi connectivity index (χ3n) is 2.19. The molecule has 0 aliphatic heterocycles. The van der Waals surface area contributed by atoms with Crippen LogP contribution in [0.25, 0.3) is 0 Å². The maximum absolute atomic E-state index is 11.0.